The Morgan fingerprint density at radius 3 is 2.52 bits per heavy atom. The van der Waals surface area contributed by atoms with Gasteiger partial charge in [0.2, 0.25) is 0 Å². The van der Waals surface area contributed by atoms with Gasteiger partial charge in [0.25, 0.3) is 5.91 Å². The molecule has 0 aliphatic carbocycles. The van der Waals surface area contributed by atoms with Crippen LogP contribution in [0, 0.1) is 20.8 Å². The third-order valence-electron chi connectivity index (χ3n) is 5.48. The Kier molecular flexibility index (Phi) is 6.93. The summed E-state index contributed by atoms with van der Waals surface area (Å²) in [5, 5.41) is 2.93. The maximum absolute atomic E-state index is 12.4. The van der Waals surface area contributed by atoms with Crippen LogP contribution in [0.5, 0.6) is 11.5 Å². The number of hydrogen-bond acceptors (Lipinski definition) is 4. The van der Waals surface area contributed by atoms with Crippen LogP contribution < -0.4 is 14.8 Å². The van der Waals surface area contributed by atoms with Crippen molar-refractivity contribution >= 4 is 16.9 Å². The average Bonchev–Trinajstić information content (AvgIpc) is 3.17. The predicted octanol–water partition coefficient (Wildman–Crippen LogP) is 4.74. The van der Waals surface area contributed by atoms with Crippen LogP contribution in [0.1, 0.15) is 22.5 Å². The summed E-state index contributed by atoms with van der Waals surface area (Å²) in [5.74, 6) is 2.16. The quantitative estimate of drug-likeness (QED) is 0.406. The number of aryl methyl sites for hydroxylation is 3. The molecule has 0 saturated carbocycles. The number of para-hydroxylation sites is 2. The van der Waals surface area contributed by atoms with Gasteiger partial charge in [-0.2, -0.15) is 0 Å². The number of ether oxygens (including phenoxy) is 2. The molecule has 0 unspecified atom stereocenters. The fourth-order valence-corrected chi connectivity index (χ4v) is 3.63. The molecule has 3 aromatic carbocycles. The minimum Gasteiger partial charge on any atom is -0.492 e. The Morgan fingerprint density at radius 1 is 0.939 bits per heavy atom. The Bertz CT molecular complexity index is 1250. The van der Waals surface area contributed by atoms with Crippen molar-refractivity contribution in [3.8, 4) is 11.5 Å². The summed E-state index contributed by atoms with van der Waals surface area (Å²) in [5.41, 5.74) is 5.20. The molecule has 4 rings (SSSR count). The highest BCUT2D eigenvalue weighted by atomic mass is 16.5. The van der Waals surface area contributed by atoms with Crippen molar-refractivity contribution in [3.05, 3.63) is 89.2 Å². The molecule has 1 N–H and O–H groups in total. The summed E-state index contributed by atoms with van der Waals surface area (Å²) >= 11 is 0. The average molecular weight is 444 g/mol. The molecule has 170 valence electrons. The molecule has 6 nitrogen and oxygen atoms in total. The van der Waals surface area contributed by atoms with Gasteiger partial charge in [0.05, 0.1) is 24.1 Å². The Hall–Kier alpha value is -3.80. The maximum atomic E-state index is 12.4. The monoisotopic (exact) mass is 443 g/mol. The van der Waals surface area contributed by atoms with Crippen LogP contribution in [0.15, 0.2) is 66.7 Å². The van der Waals surface area contributed by atoms with Crippen LogP contribution in [-0.4, -0.2) is 28.7 Å². The zero-order valence-electron chi connectivity index (χ0n) is 19.3. The zero-order chi connectivity index (χ0) is 23.2. The van der Waals surface area contributed by atoms with Crippen LogP contribution >= 0.6 is 0 Å². The fraction of sp³-hybridized carbons (Fsp3) is 0.259. The van der Waals surface area contributed by atoms with Crippen molar-refractivity contribution in [1.29, 1.82) is 0 Å². The third-order valence-corrected chi connectivity index (χ3v) is 5.48. The number of imidazole rings is 1. The van der Waals surface area contributed by atoms with E-state index in [-0.39, 0.29) is 12.5 Å². The van der Waals surface area contributed by atoms with E-state index in [0.29, 0.717) is 19.7 Å². The van der Waals surface area contributed by atoms with E-state index in [1.54, 1.807) is 0 Å². The first-order valence-electron chi connectivity index (χ1n) is 11.1. The number of fused-ring (bicyclic) bond motifs is 1. The van der Waals surface area contributed by atoms with Gasteiger partial charge in [-0.1, -0.05) is 42.0 Å². The summed E-state index contributed by atoms with van der Waals surface area (Å²) in [6.45, 7) is 7.41. The van der Waals surface area contributed by atoms with Crippen molar-refractivity contribution in [2.75, 3.05) is 13.2 Å². The molecular weight excluding hydrogens is 414 g/mol. The lowest BCUT2D eigenvalue weighted by Crippen LogP contribution is -2.30. The fourth-order valence-electron chi connectivity index (χ4n) is 3.63. The lowest BCUT2D eigenvalue weighted by Gasteiger charge is -2.12. The molecule has 0 fully saturated rings. The summed E-state index contributed by atoms with van der Waals surface area (Å²) in [7, 11) is 0. The van der Waals surface area contributed by atoms with E-state index < -0.39 is 0 Å². The van der Waals surface area contributed by atoms with Crippen molar-refractivity contribution in [3.63, 3.8) is 0 Å². The van der Waals surface area contributed by atoms with Crippen molar-refractivity contribution < 1.29 is 14.3 Å². The standard InChI is InChI=1S/C27H29N3O3/c1-19-9-12-22(13-10-19)32-15-14-30-24-7-5-4-6-23(24)29-26(30)17-28-27(31)18-33-25-16-20(2)8-11-21(25)3/h4-13,16H,14-15,17-18H2,1-3H3,(H,28,31). The molecule has 0 aliphatic heterocycles. The first-order chi connectivity index (χ1) is 16.0. The molecule has 0 bridgehead atoms. The molecule has 1 heterocycles. The number of benzene rings is 3. The largest absolute Gasteiger partial charge is 0.492 e. The molecule has 1 amide bonds. The molecule has 0 radical (unpaired) electrons. The van der Waals surface area contributed by atoms with Gasteiger partial charge in [-0.25, -0.2) is 4.98 Å². The van der Waals surface area contributed by atoms with Crippen LogP contribution in [0.3, 0.4) is 0 Å². The highest BCUT2D eigenvalue weighted by Crippen LogP contribution is 2.19. The van der Waals surface area contributed by atoms with Gasteiger partial charge in [0.1, 0.15) is 23.9 Å². The summed E-state index contributed by atoms with van der Waals surface area (Å²) < 4.78 is 13.7. The van der Waals surface area contributed by atoms with Gasteiger partial charge in [-0.3, -0.25) is 4.79 Å². The third kappa shape index (κ3) is 5.71. The first kappa shape index (κ1) is 22.4. The van der Waals surface area contributed by atoms with E-state index in [1.807, 2.05) is 80.6 Å². The second kappa shape index (κ2) is 10.2. The summed E-state index contributed by atoms with van der Waals surface area (Å²) in [6, 6.07) is 21.9. The number of hydrogen-bond donors (Lipinski definition) is 1. The molecule has 0 aliphatic rings. The first-order valence-corrected chi connectivity index (χ1v) is 11.1. The molecule has 0 spiro atoms. The van der Waals surface area contributed by atoms with E-state index in [2.05, 4.69) is 16.8 Å². The Labute approximate surface area is 194 Å². The molecule has 1 aromatic heterocycles. The number of carbonyl (C=O) groups excluding carboxylic acids is 1. The summed E-state index contributed by atoms with van der Waals surface area (Å²) in [4.78, 5) is 17.2. The minimum absolute atomic E-state index is 0.0406. The molecule has 6 heteroatoms. The molecular formula is C27H29N3O3. The van der Waals surface area contributed by atoms with Crippen LogP contribution in [0.4, 0.5) is 0 Å². The van der Waals surface area contributed by atoms with Gasteiger partial charge in [-0.15, -0.1) is 0 Å². The van der Waals surface area contributed by atoms with Crippen LogP contribution in [0.25, 0.3) is 11.0 Å². The van der Waals surface area contributed by atoms with E-state index in [1.165, 1.54) is 5.56 Å². The highest BCUT2D eigenvalue weighted by Gasteiger charge is 2.12. The second-order valence-electron chi connectivity index (χ2n) is 8.16. The maximum Gasteiger partial charge on any atom is 0.258 e. The SMILES string of the molecule is Cc1ccc(OCCn2c(CNC(=O)COc3cc(C)ccc3C)nc3ccccc32)cc1. The predicted molar refractivity (Wildman–Crippen MR) is 130 cm³/mol. The van der Waals surface area contributed by atoms with Gasteiger partial charge in [-0.05, 0) is 62.2 Å². The molecule has 0 atom stereocenters. The lowest BCUT2D eigenvalue weighted by atomic mass is 10.1. The summed E-state index contributed by atoms with van der Waals surface area (Å²) in [6.07, 6.45) is 0. The second-order valence-corrected chi connectivity index (χ2v) is 8.16. The number of aromatic nitrogens is 2. The van der Waals surface area contributed by atoms with Crippen molar-refractivity contribution in [2.24, 2.45) is 0 Å². The topological polar surface area (TPSA) is 65.4 Å². The molecule has 33 heavy (non-hydrogen) atoms. The van der Waals surface area contributed by atoms with Crippen LogP contribution in [0.2, 0.25) is 0 Å². The molecule has 0 saturated heterocycles. The Morgan fingerprint density at radius 2 is 1.70 bits per heavy atom. The van der Waals surface area contributed by atoms with Crippen LogP contribution in [-0.2, 0) is 17.9 Å². The lowest BCUT2D eigenvalue weighted by molar-refractivity contribution is -0.123. The molecule has 4 aromatic rings. The smallest absolute Gasteiger partial charge is 0.258 e. The Balaban J connectivity index is 1.38. The minimum atomic E-state index is -0.189. The van der Waals surface area contributed by atoms with E-state index in [9.17, 15) is 4.79 Å². The van der Waals surface area contributed by atoms with E-state index >= 15 is 0 Å². The number of nitrogens with one attached hydrogen (secondary N) is 1. The van der Waals surface area contributed by atoms with Gasteiger partial charge in [0.15, 0.2) is 6.61 Å². The van der Waals surface area contributed by atoms with Crippen molar-refractivity contribution in [2.45, 2.75) is 33.9 Å². The van der Waals surface area contributed by atoms with E-state index in [4.69, 9.17) is 14.5 Å². The van der Waals surface area contributed by atoms with Gasteiger partial charge in [0, 0.05) is 0 Å². The van der Waals surface area contributed by atoms with Gasteiger partial charge < -0.3 is 19.4 Å². The van der Waals surface area contributed by atoms with E-state index in [0.717, 1.165) is 39.5 Å². The highest BCUT2D eigenvalue weighted by molar-refractivity contribution is 5.78. The van der Waals surface area contributed by atoms with Gasteiger partial charge >= 0.3 is 0 Å². The number of rotatable bonds is 9. The zero-order valence-corrected chi connectivity index (χ0v) is 19.3. The normalized spacial score (nSPS) is 10.9. The number of nitrogens with zero attached hydrogens (tertiary/aromatic N) is 2. The number of amides is 1. The van der Waals surface area contributed by atoms with Crippen molar-refractivity contribution in [1.82, 2.24) is 14.9 Å². The number of carbonyl (C=O) groups is 1.